The molecule has 22 nitrogen and oxygen atoms in total. The predicted molar refractivity (Wildman–Crippen MR) is 309 cm³/mol. The summed E-state index contributed by atoms with van der Waals surface area (Å²) < 4.78 is 48.8. The van der Waals surface area contributed by atoms with Crippen LogP contribution in [0.2, 0.25) is 0 Å². The van der Waals surface area contributed by atoms with E-state index in [0.29, 0.717) is 48.5 Å². The van der Waals surface area contributed by atoms with Crippen LogP contribution in [0.1, 0.15) is 123 Å². The van der Waals surface area contributed by atoms with E-state index in [1.165, 1.54) is 46.8 Å². The number of aromatic nitrogens is 14. The second-order valence-corrected chi connectivity index (χ2v) is 25.0. The van der Waals surface area contributed by atoms with Crippen molar-refractivity contribution < 1.29 is 16.8 Å². The SMILES string of the molecule is CCN(CC)CC.CCn1c(-c2cnc(C)nc2)nc2c(NC3CCC4=C(C3)C(C(C)C)=NC4)ncnc21.CCn1c(-c2cnc(C)nc2)nc2c(NC3CCc4c(c(C(C)C)nn4S(C)(=O)=O)C3)ncnc21.CS(=O)(=O)Cl. The smallest absolute Gasteiger partial charge is 0.251 e. The number of fused-ring (bicyclic) bond motifs is 3. The van der Waals surface area contributed by atoms with Crippen LogP contribution in [0.15, 0.2) is 53.6 Å². The van der Waals surface area contributed by atoms with Crippen molar-refractivity contribution >= 4 is 69.4 Å². The molecule has 2 aliphatic carbocycles. The van der Waals surface area contributed by atoms with Crippen LogP contribution in [0.4, 0.5) is 11.6 Å². The molecule has 2 unspecified atom stereocenters. The molecule has 7 aromatic rings. The molecule has 10 rings (SSSR count). The first-order valence-corrected chi connectivity index (χ1v) is 31.4. The second-order valence-electron chi connectivity index (χ2n) is 20.2. The highest BCUT2D eigenvalue weighted by Crippen LogP contribution is 2.36. The highest BCUT2D eigenvalue weighted by molar-refractivity contribution is 8.13. The summed E-state index contributed by atoms with van der Waals surface area (Å²) in [6, 6.07) is 0.380. The van der Waals surface area contributed by atoms with Crippen LogP contribution in [0, 0.1) is 19.8 Å². The summed E-state index contributed by atoms with van der Waals surface area (Å²) in [5.74, 6) is 5.05. The van der Waals surface area contributed by atoms with Gasteiger partial charge in [0, 0.05) is 71.9 Å². The second kappa shape index (κ2) is 25.6. The zero-order valence-electron chi connectivity index (χ0n) is 47.2. The molecule has 2 N–H and O–H groups in total. The number of aryl methyl sites for hydroxylation is 4. The first kappa shape index (κ1) is 59.3. The lowest BCUT2D eigenvalue weighted by molar-refractivity contribution is 0.321. The Kier molecular flexibility index (Phi) is 19.5. The summed E-state index contributed by atoms with van der Waals surface area (Å²) >= 11 is 0. The van der Waals surface area contributed by atoms with Gasteiger partial charge in [-0.25, -0.2) is 66.7 Å². The number of hydrogen-bond donors (Lipinski definition) is 2. The van der Waals surface area contributed by atoms with Crippen LogP contribution in [-0.2, 0) is 45.0 Å². The summed E-state index contributed by atoms with van der Waals surface area (Å²) in [7, 11) is -2.15. The van der Waals surface area contributed by atoms with Gasteiger partial charge in [-0.15, -0.1) is 0 Å². The van der Waals surface area contributed by atoms with E-state index >= 15 is 0 Å². The normalized spacial score (nSPS) is 16.3. The highest BCUT2D eigenvalue weighted by atomic mass is 35.7. The molecular weight excluding hydrogens is 1050 g/mol. The van der Waals surface area contributed by atoms with Gasteiger partial charge in [0.25, 0.3) is 10.0 Å². The van der Waals surface area contributed by atoms with Gasteiger partial charge < -0.3 is 24.7 Å². The Hall–Kier alpha value is -6.37. The van der Waals surface area contributed by atoms with E-state index in [-0.39, 0.29) is 12.0 Å². The first-order valence-electron chi connectivity index (χ1n) is 26.8. The molecule has 0 bridgehead atoms. The van der Waals surface area contributed by atoms with Gasteiger partial charge in [0.1, 0.15) is 36.0 Å². The minimum Gasteiger partial charge on any atom is -0.365 e. The fourth-order valence-electron chi connectivity index (χ4n) is 10.1. The lowest BCUT2D eigenvalue weighted by atomic mass is 9.85. The van der Waals surface area contributed by atoms with E-state index in [1.807, 2.05) is 51.6 Å². The maximum atomic E-state index is 12.3. The molecule has 0 saturated carbocycles. The molecule has 7 aromatic heterocycles. The standard InChI is InChI=1S/C23H29N9O2S.C23H28N8.C6H15N.CH3ClO2S/c1-6-31-22(15-10-24-14(4)25-11-15)29-20-21(26-12-27-23(20)31)28-16-7-8-18-17(9-16)19(13(2)3)30-32(18)35(5,33)34;1-5-31-22(16-10-24-14(4)25-11-16)30-20-21(27-12-28-23(20)31)29-17-7-6-15-9-26-19(13(2)3)18(15)8-17;1-4-7(5-2)6-3;1-5(2,3)4/h10-13,16H,6-9H2,1-5H3,(H,26,27,28);10-13,17H,5-9H2,1-4H3,(H,27,28,29);4-6H2,1-3H3;1H3. The molecule has 0 amide bonds. The molecule has 0 spiro atoms. The minimum absolute atomic E-state index is 0.0632. The molecule has 1 aliphatic heterocycles. The van der Waals surface area contributed by atoms with Crippen molar-refractivity contribution in [1.82, 2.24) is 73.1 Å². The average molecular weight is 1130 g/mol. The summed E-state index contributed by atoms with van der Waals surface area (Å²) in [6.45, 7) is 28.8. The van der Waals surface area contributed by atoms with Crippen LogP contribution in [0.25, 0.3) is 45.1 Å². The fourth-order valence-corrected chi connectivity index (χ4v) is 10.9. The maximum absolute atomic E-state index is 12.3. The number of imidazole rings is 2. The van der Waals surface area contributed by atoms with Gasteiger partial charge in [0.15, 0.2) is 34.0 Å². The van der Waals surface area contributed by atoms with Gasteiger partial charge in [-0.3, -0.25) is 4.99 Å². The number of nitrogens with zero attached hydrogens (tertiary/aromatic N) is 16. The van der Waals surface area contributed by atoms with Crippen LogP contribution in [0.3, 0.4) is 0 Å². The number of hydrogen-bond acceptors (Lipinski definition) is 19. The Balaban J connectivity index is 0.000000188. The quantitative estimate of drug-likeness (QED) is 0.0971. The topological polar surface area (TPSA) is 265 Å². The third-order valence-electron chi connectivity index (χ3n) is 13.9. The van der Waals surface area contributed by atoms with Crippen molar-refractivity contribution in [3.63, 3.8) is 0 Å². The van der Waals surface area contributed by atoms with Gasteiger partial charge >= 0.3 is 0 Å². The first-order chi connectivity index (χ1) is 37.1. The van der Waals surface area contributed by atoms with Gasteiger partial charge in [-0.2, -0.15) is 9.19 Å². The van der Waals surface area contributed by atoms with Gasteiger partial charge in [-0.05, 0) is 109 Å². The van der Waals surface area contributed by atoms with Crippen molar-refractivity contribution in [2.75, 3.05) is 49.3 Å². The van der Waals surface area contributed by atoms with Gasteiger partial charge in [0.05, 0.1) is 41.6 Å². The molecule has 8 heterocycles. The Morgan fingerprint density at radius 2 is 1.13 bits per heavy atom. The van der Waals surface area contributed by atoms with Crippen LogP contribution < -0.4 is 10.6 Å². The molecule has 0 radical (unpaired) electrons. The Labute approximate surface area is 463 Å². The monoisotopic (exact) mass is 1130 g/mol. The summed E-state index contributed by atoms with van der Waals surface area (Å²) in [6.07, 6.45) is 17.7. The third kappa shape index (κ3) is 14.1. The van der Waals surface area contributed by atoms with E-state index in [1.54, 1.807) is 25.0 Å². The Morgan fingerprint density at radius 3 is 1.54 bits per heavy atom. The number of anilines is 2. The van der Waals surface area contributed by atoms with E-state index in [9.17, 15) is 16.8 Å². The highest BCUT2D eigenvalue weighted by Gasteiger charge is 2.32. The van der Waals surface area contributed by atoms with Gasteiger partial charge in [-0.1, -0.05) is 48.5 Å². The molecule has 2 atom stereocenters. The number of nitrogens with one attached hydrogen (secondary N) is 2. The van der Waals surface area contributed by atoms with Crippen LogP contribution in [0.5, 0.6) is 0 Å². The summed E-state index contributed by atoms with van der Waals surface area (Å²) in [5, 5.41) is 11.7. The third-order valence-corrected chi connectivity index (χ3v) is 14.8. The zero-order valence-corrected chi connectivity index (χ0v) is 49.6. The summed E-state index contributed by atoms with van der Waals surface area (Å²) in [5.41, 5.74) is 11.7. The van der Waals surface area contributed by atoms with Crippen LogP contribution >= 0.6 is 10.7 Å². The van der Waals surface area contributed by atoms with E-state index in [4.69, 9.17) is 15.0 Å². The van der Waals surface area contributed by atoms with E-state index in [2.05, 4.69) is 117 Å². The van der Waals surface area contributed by atoms with Crippen molar-refractivity contribution in [1.29, 1.82) is 0 Å². The molecule has 25 heteroatoms. The van der Waals surface area contributed by atoms with Crippen molar-refractivity contribution in [2.45, 2.75) is 146 Å². The predicted octanol–water partition coefficient (Wildman–Crippen LogP) is 8.22. The van der Waals surface area contributed by atoms with Crippen molar-refractivity contribution in [2.24, 2.45) is 10.9 Å². The Morgan fingerprint density at radius 1 is 0.667 bits per heavy atom. The van der Waals surface area contributed by atoms with Crippen molar-refractivity contribution in [3.8, 4) is 22.8 Å². The maximum Gasteiger partial charge on any atom is 0.251 e. The zero-order chi connectivity index (χ0) is 56.6. The molecule has 3 aliphatic rings. The molecule has 420 valence electrons. The number of rotatable bonds is 14. The number of aliphatic imine (C=N–C) groups is 1. The molecule has 0 fully saturated rings. The lowest BCUT2D eigenvalue weighted by Gasteiger charge is -2.26. The van der Waals surface area contributed by atoms with Crippen LogP contribution in [-0.4, -0.2) is 146 Å². The fraction of sp³-hybridized carbons (Fsp3) is 0.547. The molecule has 0 saturated heterocycles. The molecule has 78 heavy (non-hydrogen) atoms. The van der Waals surface area contributed by atoms with E-state index < -0.39 is 19.1 Å². The lowest BCUT2D eigenvalue weighted by Crippen LogP contribution is -2.29. The molecular formula is C53H75ClN18O4S2. The van der Waals surface area contributed by atoms with E-state index in [0.717, 1.165) is 113 Å². The molecule has 0 aromatic carbocycles. The summed E-state index contributed by atoms with van der Waals surface area (Å²) in [4.78, 5) is 52.4. The average Bonchev–Trinajstić information content (AvgIpc) is 4.27. The number of halogens is 1. The minimum atomic E-state index is -3.45. The largest absolute Gasteiger partial charge is 0.365 e. The Bertz CT molecular complexity index is 3480. The van der Waals surface area contributed by atoms with Crippen molar-refractivity contribution in [3.05, 3.63) is 77.2 Å². The van der Waals surface area contributed by atoms with Gasteiger partial charge in [0.2, 0.25) is 9.05 Å².